The molecule has 6 nitrogen and oxygen atoms in total. The normalized spacial score (nSPS) is 20.0. The number of aliphatic hydroxyl groups excluding tert-OH is 1. The highest BCUT2D eigenvalue weighted by Gasteiger charge is 2.29. The number of para-hydroxylation sites is 1. The third-order valence-electron chi connectivity index (χ3n) is 6.46. The maximum absolute atomic E-state index is 12.3. The van der Waals surface area contributed by atoms with Crippen LogP contribution >= 0.6 is 0 Å². The lowest BCUT2D eigenvalue weighted by atomic mass is 9.98. The van der Waals surface area contributed by atoms with Gasteiger partial charge < -0.3 is 20.4 Å². The average Bonchev–Trinajstić information content (AvgIpc) is 3.24. The van der Waals surface area contributed by atoms with Crippen molar-refractivity contribution in [3.05, 3.63) is 69.8 Å². The van der Waals surface area contributed by atoms with Crippen LogP contribution in [0, 0.1) is 6.92 Å². The topological polar surface area (TPSA) is 85.8 Å². The first-order valence-corrected chi connectivity index (χ1v) is 10.7. The van der Waals surface area contributed by atoms with Gasteiger partial charge in [-0.15, -0.1) is 0 Å². The fourth-order valence-corrected chi connectivity index (χ4v) is 4.84. The summed E-state index contributed by atoms with van der Waals surface area (Å²) in [6, 6.07) is 12.4. The third-order valence-corrected chi connectivity index (χ3v) is 6.46. The van der Waals surface area contributed by atoms with Crippen LogP contribution in [0.15, 0.2) is 47.4 Å². The Balaban J connectivity index is 1.31. The van der Waals surface area contributed by atoms with Gasteiger partial charge >= 0.3 is 5.69 Å². The minimum Gasteiger partial charge on any atom is -0.387 e. The maximum atomic E-state index is 12.3. The van der Waals surface area contributed by atoms with E-state index in [0.29, 0.717) is 13.0 Å². The first kappa shape index (κ1) is 19.2. The molecule has 3 heterocycles. The van der Waals surface area contributed by atoms with Crippen molar-refractivity contribution in [2.45, 2.75) is 57.8 Å². The van der Waals surface area contributed by atoms with Crippen LogP contribution in [0.4, 0.5) is 0 Å². The number of imidazole rings is 1. The Morgan fingerprint density at radius 1 is 1.27 bits per heavy atom. The summed E-state index contributed by atoms with van der Waals surface area (Å²) in [7, 11) is 0. The number of aromatic amines is 2. The lowest BCUT2D eigenvalue weighted by molar-refractivity contribution is 0.119. The Bertz CT molecular complexity index is 1270. The highest BCUT2D eigenvalue weighted by Crippen LogP contribution is 2.30. The fourth-order valence-electron chi connectivity index (χ4n) is 4.84. The van der Waals surface area contributed by atoms with E-state index in [4.69, 9.17) is 0 Å². The number of H-pyrrole nitrogens is 2. The van der Waals surface area contributed by atoms with Crippen LogP contribution in [-0.4, -0.2) is 31.7 Å². The van der Waals surface area contributed by atoms with Crippen molar-refractivity contribution in [3.63, 3.8) is 0 Å². The standard InChI is InChI=1S/C24H28N4O2/c1-14-6-9-19-18(12-14)16(13-25-19)8-7-15(2)26-21-10-11-28-22-17(23(21)29)4-3-5-20(22)27-24(28)30/h3-6,9,12-13,15,21,23,25-26,29H,7-8,10-11H2,1-2H3,(H,27,30). The first-order chi connectivity index (χ1) is 14.5. The van der Waals surface area contributed by atoms with Gasteiger partial charge in [-0.1, -0.05) is 23.8 Å². The zero-order chi connectivity index (χ0) is 20.8. The molecule has 0 radical (unpaired) electrons. The predicted octanol–water partition coefficient (Wildman–Crippen LogP) is 3.54. The van der Waals surface area contributed by atoms with Crippen molar-refractivity contribution in [1.82, 2.24) is 19.9 Å². The van der Waals surface area contributed by atoms with Crippen molar-refractivity contribution < 1.29 is 5.11 Å². The number of aromatic nitrogens is 3. The minimum atomic E-state index is -0.643. The van der Waals surface area contributed by atoms with Crippen LogP contribution in [-0.2, 0) is 13.0 Å². The fraction of sp³-hybridized carbons (Fsp3) is 0.375. The van der Waals surface area contributed by atoms with Gasteiger partial charge in [0.05, 0.1) is 17.1 Å². The molecule has 4 N–H and O–H groups in total. The van der Waals surface area contributed by atoms with Crippen LogP contribution in [0.25, 0.3) is 21.9 Å². The summed E-state index contributed by atoms with van der Waals surface area (Å²) in [5.41, 5.74) is 6.12. The number of hydrogen-bond acceptors (Lipinski definition) is 3. The number of aliphatic hydroxyl groups is 1. The average molecular weight is 405 g/mol. The van der Waals surface area contributed by atoms with E-state index >= 15 is 0 Å². The molecule has 5 rings (SSSR count). The number of aryl methyl sites for hydroxylation is 3. The quantitative estimate of drug-likeness (QED) is 0.410. The van der Waals surface area contributed by atoms with Crippen molar-refractivity contribution in [2.24, 2.45) is 0 Å². The van der Waals surface area contributed by atoms with Crippen LogP contribution in [0.2, 0.25) is 0 Å². The van der Waals surface area contributed by atoms with Crippen LogP contribution < -0.4 is 11.0 Å². The van der Waals surface area contributed by atoms with Crippen LogP contribution in [0.5, 0.6) is 0 Å². The summed E-state index contributed by atoms with van der Waals surface area (Å²) in [5.74, 6) is 0. The van der Waals surface area contributed by atoms with Gasteiger partial charge in [-0.2, -0.15) is 0 Å². The molecule has 2 aromatic carbocycles. The lowest BCUT2D eigenvalue weighted by Gasteiger charge is -2.26. The van der Waals surface area contributed by atoms with Gasteiger partial charge in [0.25, 0.3) is 0 Å². The molecule has 3 unspecified atom stereocenters. The number of rotatable bonds is 5. The molecule has 0 saturated heterocycles. The van der Waals surface area contributed by atoms with Gasteiger partial charge in [-0.3, -0.25) is 4.57 Å². The molecule has 0 amide bonds. The van der Waals surface area contributed by atoms with E-state index in [1.165, 1.54) is 22.0 Å². The molecular formula is C24H28N4O2. The summed E-state index contributed by atoms with van der Waals surface area (Å²) in [6.07, 6.45) is 4.12. The number of nitrogens with one attached hydrogen (secondary N) is 3. The van der Waals surface area contributed by atoms with Gasteiger partial charge in [0, 0.05) is 41.3 Å². The Hall–Kier alpha value is -2.83. The largest absolute Gasteiger partial charge is 0.387 e. The Morgan fingerprint density at radius 3 is 3.00 bits per heavy atom. The summed E-state index contributed by atoms with van der Waals surface area (Å²) in [5, 5.41) is 16.0. The molecule has 2 aromatic heterocycles. The smallest absolute Gasteiger partial charge is 0.326 e. The molecule has 0 aliphatic carbocycles. The highest BCUT2D eigenvalue weighted by atomic mass is 16.3. The van der Waals surface area contributed by atoms with E-state index < -0.39 is 6.10 Å². The van der Waals surface area contributed by atoms with Crippen molar-refractivity contribution in [3.8, 4) is 0 Å². The van der Waals surface area contributed by atoms with E-state index in [9.17, 15) is 9.90 Å². The van der Waals surface area contributed by atoms with Crippen LogP contribution in [0.3, 0.4) is 0 Å². The van der Waals surface area contributed by atoms with E-state index in [0.717, 1.165) is 29.4 Å². The Morgan fingerprint density at radius 2 is 2.13 bits per heavy atom. The molecule has 30 heavy (non-hydrogen) atoms. The molecule has 4 aromatic rings. The van der Waals surface area contributed by atoms with E-state index in [1.54, 1.807) is 4.57 Å². The number of benzene rings is 2. The molecule has 0 fully saturated rings. The molecule has 0 saturated carbocycles. The highest BCUT2D eigenvalue weighted by molar-refractivity contribution is 5.84. The maximum Gasteiger partial charge on any atom is 0.326 e. The third kappa shape index (κ3) is 3.26. The molecule has 0 bridgehead atoms. The lowest BCUT2D eigenvalue weighted by Crippen LogP contribution is -2.41. The molecular weight excluding hydrogens is 376 g/mol. The predicted molar refractivity (Wildman–Crippen MR) is 120 cm³/mol. The minimum absolute atomic E-state index is 0.0879. The van der Waals surface area contributed by atoms with Gasteiger partial charge in [-0.25, -0.2) is 4.79 Å². The first-order valence-electron chi connectivity index (χ1n) is 10.7. The second kappa shape index (κ2) is 7.45. The molecule has 3 atom stereocenters. The molecule has 6 heteroatoms. The number of nitrogens with zero attached hydrogens (tertiary/aromatic N) is 1. The van der Waals surface area contributed by atoms with Crippen molar-refractivity contribution in [1.29, 1.82) is 0 Å². The summed E-state index contributed by atoms with van der Waals surface area (Å²) in [4.78, 5) is 18.6. The molecule has 0 spiro atoms. The zero-order valence-electron chi connectivity index (χ0n) is 17.4. The van der Waals surface area contributed by atoms with E-state index in [2.05, 4.69) is 53.5 Å². The molecule has 156 valence electrons. The SMILES string of the molecule is Cc1ccc2[nH]cc(CCC(C)NC3CCn4c(=O)[nH]c5cccc(c54)C3O)c2c1. The Kier molecular flexibility index (Phi) is 4.76. The number of fused-ring (bicyclic) bond motifs is 1. The second-order valence-corrected chi connectivity index (χ2v) is 8.63. The van der Waals surface area contributed by atoms with Crippen LogP contribution in [0.1, 0.15) is 42.6 Å². The van der Waals surface area contributed by atoms with Gasteiger partial charge in [-0.05, 0) is 56.9 Å². The summed E-state index contributed by atoms with van der Waals surface area (Å²) >= 11 is 0. The van der Waals surface area contributed by atoms with Crippen molar-refractivity contribution >= 4 is 21.9 Å². The van der Waals surface area contributed by atoms with E-state index in [-0.39, 0.29) is 17.8 Å². The van der Waals surface area contributed by atoms with Gasteiger partial charge in [0.15, 0.2) is 0 Å². The Labute approximate surface area is 174 Å². The summed E-state index contributed by atoms with van der Waals surface area (Å²) < 4.78 is 1.76. The molecule has 1 aliphatic heterocycles. The summed E-state index contributed by atoms with van der Waals surface area (Å²) in [6.45, 7) is 4.89. The monoisotopic (exact) mass is 404 g/mol. The zero-order valence-corrected chi connectivity index (χ0v) is 17.4. The number of hydrogen-bond donors (Lipinski definition) is 4. The second-order valence-electron chi connectivity index (χ2n) is 8.63. The van der Waals surface area contributed by atoms with Gasteiger partial charge in [0.1, 0.15) is 0 Å². The molecule has 1 aliphatic rings. The van der Waals surface area contributed by atoms with Gasteiger partial charge in [0.2, 0.25) is 0 Å². The van der Waals surface area contributed by atoms with E-state index in [1.807, 2.05) is 18.2 Å². The van der Waals surface area contributed by atoms with Crippen molar-refractivity contribution in [2.75, 3.05) is 0 Å².